The van der Waals surface area contributed by atoms with Crippen molar-refractivity contribution < 1.29 is 0 Å². The third-order valence-electron chi connectivity index (χ3n) is 0. The van der Waals surface area contributed by atoms with Gasteiger partial charge in [0.2, 0.25) is 0 Å². The Bertz CT molecular complexity index is 8.04. The van der Waals surface area contributed by atoms with E-state index in [0.29, 0.717) is 0 Å². The SMILES string of the molecule is CC.CNC.CS. The summed E-state index contributed by atoms with van der Waals surface area (Å²) in [6.07, 6.45) is 1.69. The van der Waals surface area contributed by atoms with Crippen molar-refractivity contribution in [2.75, 3.05) is 20.4 Å². The number of thiol groups is 1. The molecule has 2 heteroatoms. The molecule has 0 rings (SSSR count). The predicted molar refractivity (Wildman–Crippen MR) is 41.2 cm³/mol. The zero-order valence-corrected chi connectivity index (χ0v) is 6.84. The largest absolute Gasteiger partial charge is 0.323 e. The van der Waals surface area contributed by atoms with E-state index in [2.05, 4.69) is 17.9 Å². The topological polar surface area (TPSA) is 12.0 Å². The Balaban J connectivity index is -0.0000000360. The van der Waals surface area contributed by atoms with Crippen LogP contribution in [0.25, 0.3) is 0 Å². The maximum absolute atomic E-state index is 3.53. The first-order chi connectivity index (χ1) is 3.41. The number of nitrogens with one attached hydrogen (secondary N) is 1. The fourth-order valence-corrected chi connectivity index (χ4v) is 0. The second-order valence-corrected chi connectivity index (χ2v) is 0.500. The standard InChI is InChI=1S/C2H7N.C2H6.CH4S/c1-3-2;2*1-2/h3H,1-2H3;1-2H3;2H,1H3. The molecule has 0 bridgehead atoms. The molecule has 48 valence electrons. The molecule has 0 aliphatic heterocycles. The number of rotatable bonds is 0. The van der Waals surface area contributed by atoms with Crippen LogP contribution in [0.3, 0.4) is 0 Å². The van der Waals surface area contributed by atoms with Gasteiger partial charge in [-0.25, -0.2) is 0 Å². The zero-order chi connectivity index (χ0) is 6.71. The second kappa shape index (κ2) is 104. The van der Waals surface area contributed by atoms with E-state index >= 15 is 0 Å². The van der Waals surface area contributed by atoms with Crippen molar-refractivity contribution in [3.05, 3.63) is 0 Å². The summed E-state index contributed by atoms with van der Waals surface area (Å²) in [7, 11) is 3.75. The second-order valence-electron chi connectivity index (χ2n) is 0.500. The summed E-state index contributed by atoms with van der Waals surface area (Å²) in [5.74, 6) is 0. The minimum Gasteiger partial charge on any atom is -0.323 e. The molecule has 0 aliphatic carbocycles. The van der Waals surface area contributed by atoms with Crippen LogP contribution in [0.5, 0.6) is 0 Å². The minimum atomic E-state index is 1.69. The van der Waals surface area contributed by atoms with E-state index in [4.69, 9.17) is 0 Å². The molecular weight excluding hydrogens is 106 g/mol. The predicted octanol–water partition coefficient (Wildman–Crippen LogP) is 1.41. The first-order valence-corrected chi connectivity index (χ1v) is 3.34. The van der Waals surface area contributed by atoms with Crippen molar-refractivity contribution in [2.45, 2.75) is 13.8 Å². The molecule has 0 heterocycles. The van der Waals surface area contributed by atoms with Gasteiger partial charge in [0, 0.05) is 0 Å². The highest BCUT2D eigenvalue weighted by molar-refractivity contribution is 7.79. The molecule has 0 atom stereocenters. The highest BCUT2D eigenvalue weighted by atomic mass is 32.1. The molecule has 1 nitrogen and oxygen atoms in total. The van der Waals surface area contributed by atoms with Gasteiger partial charge in [0.05, 0.1) is 0 Å². The van der Waals surface area contributed by atoms with Crippen LogP contribution in [-0.2, 0) is 0 Å². The van der Waals surface area contributed by atoms with Crippen molar-refractivity contribution in [1.82, 2.24) is 5.32 Å². The lowest BCUT2D eigenvalue weighted by molar-refractivity contribution is 1.02. The molecule has 0 saturated heterocycles. The third-order valence-corrected chi connectivity index (χ3v) is 0. The molecule has 0 saturated carbocycles. The van der Waals surface area contributed by atoms with Gasteiger partial charge in [-0.3, -0.25) is 0 Å². The highest BCUT2D eigenvalue weighted by Gasteiger charge is 1.25. The van der Waals surface area contributed by atoms with Crippen molar-refractivity contribution in [2.24, 2.45) is 0 Å². The van der Waals surface area contributed by atoms with Gasteiger partial charge in [0.1, 0.15) is 0 Å². The highest BCUT2D eigenvalue weighted by Crippen LogP contribution is 1.31. The Hall–Kier alpha value is 0.310. The lowest BCUT2D eigenvalue weighted by Gasteiger charge is -1.59. The molecule has 0 unspecified atom stereocenters. The van der Waals surface area contributed by atoms with Crippen LogP contribution in [0.15, 0.2) is 0 Å². The molecule has 0 radical (unpaired) electrons. The summed E-state index contributed by atoms with van der Waals surface area (Å²) >= 11 is 3.53. The lowest BCUT2D eigenvalue weighted by Crippen LogP contribution is -1.89. The average molecular weight is 123 g/mol. The molecule has 7 heavy (non-hydrogen) atoms. The van der Waals surface area contributed by atoms with Gasteiger partial charge in [-0.2, -0.15) is 12.6 Å². The average Bonchev–Trinajstić information content (AvgIpc) is 1.78. The van der Waals surface area contributed by atoms with Crippen LogP contribution < -0.4 is 5.32 Å². The van der Waals surface area contributed by atoms with E-state index in [0.717, 1.165) is 0 Å². The van der Waals surface area contributed by atoms with Crippen LogP contribution in [0.4, 0.5) is 0 Å². The van der Waals surface area contributed by atoms with Crippen LogP contribution in [0.1, 0.15) is 13.8 Å². The molecule has 0 fully saturated rings. The summed E-state index contributed by atoms with van der Waals surface area (Å²) in [6.45, 7) is 4.00. The quantitative estimate of drug-likeness (QED) is 0.464. The Labute approximate surface area is 52.9 Å². The van der Waals surface area contributed by atoms with Crippen LogP contribution in [0, 0.1) is 0 Å². The van der Waals surface area contributed by atoms with Crippen LogP contribution in [-0.4, -0.2) is 20.4 Å². The molecule has 0 aromatic carbocycles. The van der Waals surface area contributed by atoms with E-state index in [9.17, 15) is 0 Å². The third kappa shape index (κ3) is 1220. The van der Waals surface area contributed by atoms with Gasteiger partial charge in [-0.1, -0.05) is 13.8 Å². The molecular formula is C5H17NS. The number of hydrogen-bond acceptors (Lipinski definition) is 2. The maximum Gasteiger partial charge on any atom is -0.0167 e. The van der Waals surface area contributed by atoms with E-state index in [-0.39, 0.29) is 0 Å². The molecule has 0 spiro atoms. The lowest BCUT2D eigenvalue weighted by atomic mass is 11.0. The van der Waals surface area contributed by atoms with Crippen molar-refractivity contribution in [3.63, 3.8) is 0 Å². The molecule has 0 aromatic heterocycles. The van der Waals surface area contributed by atoms with Crippen molar-refractivity contribution in [3.8, 4) is 0 Å². The van der Waals surface area contributed by atoms with Gasteiger partial charge in [-0.05, 0) is 20.4 Å². The zero-order valence-electron chi connectivity index (χ0n) is 5.95. The Morgan fingerprint density at radius 2 is 1.00 bits per heavy atom. The Morgan fingerprint density at radius 1 is 1.00 bits per heavy atom. The molecule has 0 aromatic rings. The van der Waals surface area contributed by atoms with Gasteiger partial charge in [-0.15, -0.1) is 0 Å². The van der Waals surface area contributed by atoms with E-state index in [1.807, 2.05) is 27.9 Å². The minimum absolute atomic E-state index is 1.69. The summed E-state index contributed by atoms with van der Waals surface area (Å²) in [5.41, 5.74) is 0. The van der Waals surface area contributed by atoms with Crippen molar-refractivity contribution in [1.29, 1.82) is 0 Å². The first kappa shape index (κ1) is 15.7. The van der Waals surface area contributed by atoms with E-state index in [1.54, 1.807) is 6.26 Å². The fraction of sp³-hybridized carbons (Fsp3) is 1.00. The van der Waals surface area contributed by atoms with Gasteiger partial charge in [0.15, 0.2) is 0 Å². The first-order valence-electron chi connectivity index (χ1n) is 2.45. The van der Waals surface area contributed by atoms with Crippen LogP contribution in [0.2, 0.25) is 0 Å². The maximum atomic E-state index is 3.53. The fourth-order valence-electron chi connectivity index (χ4n) is 0. The monoisotopic (exact) mass is 123 g/mol. The number of hydrogen-bond donors (Lipinski definition) is 2. The molecule has 0 aliphatic rings. The Morgan fingerprint density at radius 3 is 1.00 bits per heavy atom. The summed E-state index contributed by atoms with van der Waals surface area (Å²) in [4.78, 5) is 0. The van der Waals surface area contributed by atoms with Crippen LogP contribution >= 0.6 is 12.6 Å². The van der Waals surface area contributed by atoms with E-state index < -0.39 is 0 Å². The molecule has 1 N–H and O–H groups in total. The molecule has 0 amide bonds. The smallest absolute Gasteiger partial charge is 0.0167 e. The van der Waals surface area contributed by atoms with Crippen molar-refractivity contribution >= 4 is 12.6 Å². The van der Waals surface area contributed by atoms with Gasteiger partial charge < -0.3 is 5.32 Å². The summed E-state index contributed by atoms with van der Waals surface area (Å²) in [6, 6.07) is 0. The summed E-state index contributed by atoms with van der Waals surface area (Å²) < 4.78 is 0. The van der Waals surface area contributed by atoms with Gasteiger partial charge >= 0.3 is 0 Å². The normalized spacial score (nSPS) is 4.29. The summed E-state index contributed by atoms with van der Waals surface area (Å²) in [5, 5.41) is 2.75. The van der Waals surface area contributed by atoms with Gasteiger partial charge in [0.25, 0.3) is 0 Å². The van der Waals surface area contributed by atoms with E-state index in [1.165, 1.54) is 0 Å². The Kier molecular flexibility index (Phi) is 232.